The number of rotatable bonds is 4. The minimum Gasteiger partial charge on any atom is -0.299 e. The summed E-state index contributed by atoms with van der Waals surface area (Å²) in [7, 11) is 0. The summed E-state index contributed by atoms with van der Waals surface area (Å²) in [6.07, 6.45) is 2.48. The zero-order chi connectivity index (χ0) is 15.4. The fourth-order valence-corrected chi connectivity index (χ4v) is 2.91. The lowest BCUT2D eigenvalue weighted by Crippen LogP contribution is -2.20. The van der Waals surface area contributed by atoms with Crippen LogP contribution in [0.5, 0.6) is 0 Å². The quantitative estimate of drug-likeness (QED) is 0.811. The van der Waals surface area contributed by atoms with Gasteiger partial charge in [-0.15, -0.1) is 0 Å². The lowest BCUT2D eigenvalue weighted by atomic mass is 9.97. The molecule has 1 aliphatic rings. The predicted octanol–water partition coefficient (Wildman–Crippen LogP) is 3.39. The van der Waals surface area contributed by atoms with Crippen LogP contribution in [0.3, 0.4) is 0 Å². The first kappa shape index (κ1) is 14.5. The van der Waals surface area contributed by atoms with Crippen molar-refractivity contribution in [3.63, 3.8) is 0 Å². The maximum Gasteiger partial charge on any atom is 0.193 e. The molecule has 0 N–H and O–H groups in total. The second kappa shape index (κ2) is 6.55. The van der Waals surface area contributed by atoms with E-state index in [1.54, 1.807) is 24.3 Å². The van der Waals surface area contributed by atoms with Crippen molar-refractivity contribution in [3.8, 4) is 6.07 Å². The molecule has 0 spiro atoms. The molecule has 0 aromatic heterocycles. The van der Waals surface area contributed by atoms with Crippen molar-refractivity contribution >= 4 is 5.78 Å². The summed E-state index contributed by atoms with van der Waals surface area (Å²) < 4.78 is 0. The van der Waals surface area contributed by atoms with E-state index in [1.165, 1.54) is 12.8 Å². The van der Waals surface area contributed by atoms with Crippen molar-refractivity contribution in [2.75, 3.05) is 13.1 Å². The first-order valence-electron chi connectivity index (χ1n) is 7.63. The van der Waals surface area contributed by atoms with Crippen molar-refractivity contribution in [1.82, 2.24) is 4.90 Å². The average Bonchev–Trinajstić information content (AvgIpc) is 3.08. The van der Waals surface area contributed by atoms with E-state index in [0.29, 0.717) is 11.1 Å². The zero-order valence-electron chi connectivity index (χ0n) is 12.5. The van der Waals surface area contributed by atoms with Crippen LogP contribution in [0.2, 0.25) is 0 Å². The Labute approximate surface area is 130 Å². The third kappa shape index (κ3) is 3.08. The van der Waals surface area contributed by atoms with E-state index in [4.69, 9.17) is 5.26 Å². The number of carbonyl (C=O) groups excluding carboxylic acids is 1. The van der Waals surface area contributed by atoms with Gasteiger partial charge < -0.3 is 0 Å². The Morgan fingerprint density at radius 1 is 1.05 bits per heavy atom. The number of hydrogen-bond donors (Lipinski definition) is 0. The molecular formula is C19H18N2O. The number of benzene rings is 2. The lowest BCUT2D eigenvalue weighted by molar-refractivity contribution is 0.103. The third-order valence-corrected chi connectivity index (χ3v) is 4.13. The Balaban J connectivity index is 1.86. The maximum absolute atomic E-state index is 12.7. The van der Waals surface area contributed by atoms with Gasteiger partial charge in [-0.2, -0.15) is 5.26 Å². The topological polar surface area (TPSA) is 44.1 Å². The molecule has 2 aromatic carbocycles. The smallest absolute Gasteiger partial charge is 0.193 e. The van der Waals surface area contributed by atoms with Gasteiger partial charge in [0.1, 0.15) is 0 Å². The second-order valence-electron chi connectivity index (χ2n) is 5.66. The van der Waals surface area contributed by atoms with E-state index in [0.717, 1.165) is 30.8 Å². The molecule has 1 aliphatic heterocycles. The van der Waals surface area contributed by atoms with Gasteiger partial charge in [0.25, 0.3) is 0 Å². The van der Waals surface area contributed by atoms with Crippen LogP contribution in [0.15, 0.2) is 48.5 Å². The molecule has 0 bridgehead atoms. The normalized spacial score (nSPS) is 14.7. The van der Waals surface area contributed by atoms with Gasteiger partial charge in [0.2, 0.25) is 0 Å². The number of carbonyl (C=O) groups is 1. The van der Waals surface area contributed by atoms with Crippen LogP contribution in [-0.4, -0.2) is 23.8 Å². The second-order valence-corrected chi connectivity index (χ2v) is 5.66. The molecule has 1 saturated heterocycles. The highest BCUT2D eigenvalue weighted by Crippen LogP contribution is 2.19. The van der Waals surface area contributed by atoms with E-state index in [9.17, 15) is 4.79 Å². The summed E-state index contributed by atoms with van der Waals surface area (Å²) in [4.78, 5) is 15.1. The number of likely N-dealkylation sites (tertiary alicyclic amines) is 1. The Bertz CT molecular complexity index is 707. The lowest BCUT2D eigenvalue weighted by Gasteiger charge is -2.17. The molecule has 0 atom stereocenters. The summed E-state index contributed by atoms with van der Waals surface area (Å²) in [6.45, 7) is 3.05. The SMILES string of the molecule is N#Cc1ccc(C(=O)c2ccccc2CN2CCCC2)cc1. The molecule has 2 aromatic rings. The van der Waals surface area contributed by atoms with Crippen LogP contribution in [0.4, 0.5) is 0 Å². The van der Waals surface area contributed by atoms with Gasteiger partial charge in [0, 0.05) is 17.7 Å². The molecule has 3 heteroatoms. The molecule has 0 saturated carbocycles. The van der Waals surface area contributed by atoms with Crippen LogP contribution in [0.1, 0.15) is 39.9 Å². The molecule has 0 aliphatic carbocycles. The minimum absolute atomic E-state index is 0.0271. The van der Waals surface area contributed by atoms with Crippen molar-refractivity contribution in [2.45, 2.75) is 19.4 Å². The van der Waals surface area contributed by atoms with Crippen LogP contribution in [0.25, 0.3) is 0 Å². The third-order valence-electron chi connectivity index (χ3n) is 4.13. The summed E-state index contributed by atoms with van der Waals surface area (Å²) in [5.74, 6) is 0.0271. The monoisotopic (exact) mass is 290 g/mol. The first-order valence-corrected chi connectivity index (χ1v) is 7.63. The van der Waals surface area contributed by atoms with Crippen LogP contribution < -0.4 is 0 Å². The zero-order valence-corrected chi connectivity index (χ0v) is 12.5. The highest BCUT2D eigenvalue weighted by atomic mass is 16.1. The highest BCUT2D eigenvalue weighted by Gasteiger charge is 2.17. The Hall–Kier alpha value is -2.44. The highest BCUT2D eigenvalue weighted by molar-refractivity contribution is 6.09. The molecule has 3 nitrogen and oxygen atoms in total. The molecule has 1 fully saturated rings. The van der Waals surface area contributed by atoms with Gasteiger partial charge in [-0.25, -0.2) is 0 Å². The Morgan fingerprint density at radius 3 is 2.41 bits per heavy atom. The molecule has 0 radical (unpaired) electrons. The first-order chi connectivity index (χ1) is 10.8. The minimum atomic E-state index is 0.0271. The van der Waals surface area contributed by atoms with Crippen molar-refractivity contribution in [1.29, 1.82) is 5.26 Å². The van der Waals surface area contributed by atoms with Gasteiger partial charge in [-0.05, 0) is 55.8 Å². The number of nitriles is 1. The van der Waals surface area contributed by atoms with E-state index >= 15 is 0 Å². The van der Waals surface area contributed by atoms with Crippen molar-refractivity contribution < 1.29 is 4.79 Å². The molecule has 0 unspecified atom stereocenters. The van der Waals surface area contributed by atoms with Gasteiger partial charge >= 0.3 is 0 Å². The van der Waals surface area contributed by atoms with E-state index in [2.05, 4.69) is 11.0 Å². The standard InChI is InChI=1S/C19H18N2O/c20-13-15-7-9-16(10-8-15)19(22)18-6-2-1-5-17(18)14-21-11-3-4-12-21/h1-2,5-10H,3-4,11-12,14H2. The van der Waals surface area contributed by atoms with Gasteiger partial charge in [-0.1, -0.05) is 24.3 Å². The number of ketones is 1. The molecule has 1 heterocycles. The van der Waals surface area contributed by atoms with Gasteiger partial charge in [-0.3, -0.25) is 9.69 Å². The van der Waals surface area contributed by atoms with Crippen molar-refractivity contribution in [2.24, 2.45) is 0 Å². The van der Waals surface area contributed by atoms with Crippen LogP contribution in [0, 0.1) is 11.3 Å². The van der Waals surface area contributed by atoms with Crippen LogP contribution in [-0.2, 0) is 6.54 Å². The molecule has 0 amide bonds. The van der Waals surface area contributed by atoms with E-state index in [-0.39, 0.29) is 5.78 Å². The molecule has 3 rings (SSSR count). The van der Waals surface area contributed by atoms with Gasteiger partial charge in [0.15, 0.2) is 5.78 Å². The fourth-order valence-electron chi connectivity index (χ4n) is 2.91. The predicted molar refractivity (Wildman–Crippen MR) is 85.5 cm³/mol. The number of hydrogen-bond acceptors (Lipinski definition) is 3. The summed E-state index contributed by atoms with van der Waals surface area (Å²) >= 11 is 0. The molecule has 22 heavy (non-hydrogen) atoms. The Morgan fingerprint density at radius 2 is 1.73 bits per heavy atom. The largest absolute Gasteiger partial charge is 0.299 e. The fraction of sp³-hybridized carbons (Fsp3) is 0.263. The summed E-state index contributed by atoms with van der Waals surface area (Å²) in [6, 6.07) is 16.7. The summed E-state index contributed by atoms with van der Waals surface area (Å²) in [5, 5.41) is 8.85. The van der Waals surface area contributed by atoms with Gasteiger partial charge in [0.05, 0.1) is 11.6 Å². The molecule has 110 valence electrons. The van der Waals surface area contributed by atoms with Crippen LogP contribution >= 0.6 is 0 Å². The van der Waals surface area contributed by atoms with E-state index in [1.807, 2.05) is 24.3 Å². The maximum atomic E-state index is 12.7. The average molecular weight is 290 g/mol. The Kier molecular flexibility index (Phi) is 4.32. The van der Waals surface area contributed by atoms with E-state index < -0.39 is 0 Å². The molecular weight excluding hydrogens is 272 g/mol. The van der Waals surface area contributed by atoms with Crippen molar-refractivity contribution in [3.05, 3.63) is 70.8 Å². The number of nitrogens with zero attached hydrogens (tertiary/aromatic N) is 2. The summed E-state index contributed by atoms with van der Waals surface area (Å²) in [5.41, 5.74) is 3.05.